The van der Waals surface area contributed by atoms with Crippen LogP contribution in [0.4, 0.5) is 0 Å². The van der Waals surface area contributed by atoms with Crippen LogP contribution in [-0.2, 0) is 10.8 Å². The second-order valence-electron chi connectivity index (χ2n) is 14.1. The van der Waals surface area contributed by atoms with E-state index in [9.17, 15) is 0 Å². The quantitative estimate of drug-likeness (QED) is 0.189. The summed E-state index contributed by atoms with van der Waals surface area (Å²) < 4.78 is 0. The third-order valence-corrected chi connectivity index (χ3v) is 8.74. The molecule has 0 aliphatic heterocycles. The lowest BCUT2D eigenvalue weighted by Crippen LogP contribution is -2.10. The van der Waals surface area contributed by atoms with E-state index in [1.54, 1.807) is 0 Å². The number of pyridine rings is 1. The van der Waals surface area contributed by atoms with Crippen molar-refractivity contribution in [2.24, 2.45) is 0 Å². The average molecular weight is 599 g/mol. The number of hydrogen-bond acceptors (Lipinski definition) is 4. The molecule has 0 atom stereocenters. The summed E-state index contributed by atoms with van der Waals surface area (Å²) in [5, 5.41) is 3.48. The van der Waals surface area contributed by atoms with Gasteiger partial charge in [0, 0.05) is 33.7 Å². The lowest BCUT2D eigenvalue weighted by molar-refractivity contribution is 0.590. The molecule has 0 radical (unpaired) electrons. The number of nitrogens with zero attached hydrogens (tertiary/aromatic N) is 4. The van der Waals surface area contributed by atoms with Crippen molar-refractivity contribution in [1.82, 2.24) is 19.9 Å². The molecule has 7 aromatic rings. The van der Waals surface area contributed by atoms with Crippen LogP contribution in [0.2, 0.25) is 0 Å². The fraction of sp³-hybridized carbons (Fsp3) is 0.190. The van der Waals surface area contributed by atoms with Crippen molar-refractivity contribution in [2.75, 3.05) is 0 Å². The number of benzene rings is 5. The van der Waals surface area contributed by atoms with Gasteiger partial charge < -0.3 is 0 Å². The van der Waals surface area contributed by atoms with Crippen LogP contribution in [0.25, 0.3) is 67.0 Å². The molecule has 5 aromatic carbocycles. The van der Waals surface area contributed by atoms with Crippen molar-refractivity contribution in [2.45, 2.75) is 52.4 Å². The van der Waals surface area contributed by atoms with Gasteiger partial charge in [-0.25, -0.2) is 15.0 Å². The molecular weight excluding hydrogens is 560 g/mol. The highest BCUT2D eigenvalue weighted by Crippen LogP contribution is 2.34. The summed E-state index contributed by atoms with van der Waals surface area (Å²) in [6.07, 6.45) is 1.86. The van der Waals surface area contributed by atoms with E-state index in [0.717, 1.165) is 38.5 Å². The van der Waals surface area contributed by atoms with Crippen LogP contribution in [0, 0.1) is 0 Å². The molecule has 2 aromatic heterocycles. The van der Waals surface area contributed by atoms with E-state index in [-0.39, 0.29) is 10.8 Å². The van der Waals surface area contributed by atoms with Crippen LogP contribution in [0.1, 0.15) is 52.7 Å². The molecular formula is C42H38N4. The summed E-state index contributed by atoms with van der Waals surface area (Å²) in [5.74, 6) is 1.98. The van der Waals surface area contributed by atoms with E-state index < -0.39 is 0 Å². The van der Waals surface area contributed by atoms with E-state index in [0.29, 0.717) is 17.5 Å². The smallest absolute Gasteiger partial charge is 0.164 e. The van der Waals surface area contributed by atoms with Crippen molar-refractivity contribution in [3.05, 3.63) is 133 Å². The first-order valence-corrected chi connectivity index (χ1v) is 15.9. The van der Waals surface area contributed by atoms with Gasteiger partial charge in [0.05, 0.1) is 5.52 Å². The van der Waals surface area contributed by atoms with Crippen molar-refractivity contribution < 1.29 is 0 Å². The minimum Gasteiger partial charge on any atom is -0.256 e. The molecule has 0 bridgehead atoms. The molecule has 4 heteroatoms. The Morgan fingerprint density at radius 3 is 1.39 bits per heavy atom. The first kappa shape index (κ1) is 29.5. The van der Waals surface area contributed by atoms with E-state index in [1.807, 2.05) is 12.3 Å². The van der Waals surface area contributed by atoms with Gasteiger partial charge in [-0.1, -0.05) is 151 Å². The molecule has 0 fully saturated rings. The zero-order valence-electron chi connectivity index (χ0n) is 27.3. The molecule has 0 amide bonds. The zero-order valence-corrected chi connectivity index (χ0v) is 27.3. The van der Waals surface area contributed by atoms with Crippen LogP contribution in [0.3, 0.4) is 0 Å². The van der Waals surface area contributed by atoms with Gasteiger partial charge in [0.2, 0.25) is 0 Å². The summed E-state index contributed by atoms with van der Waals surface area (Å²) in [6.45, 7) is 13.4. The Bertz CT molecular complexity index is 2110. The third-order valence-electron chi connectivity index (χ3n) is 8.74. The number of fused-ring (bicyclic) bond motifs is 3. The molecule has 7 rings (SSSR count). The third kappa shape index (κ3) is 5.67. The first-order chi connectivity index (χ1) is 22.0. The molecule has 0 saturated carbocycles. The van der Waals surface area contributed by atoms with E-state index in [1.165, 1.54) is 22.1 Å². The van der Waals surface area contributed by atoms with Gasteiger partial charge in [0.25, 0.3) is 0 Å². The van der Waals surface area contributed by atoms with Gasteiger partial charge in [0.1, 0.15) is 0 Å². The van der Waals surface area contributed by atoms with Crippen LogP contribution in [0.15, 0.2) is 121 Å². The number of aromatic nitrogens is 4. The van der Waals surface area contributed by atoms with Crippen LogP contribution >= 0.6 is 0 Å². The summed E-state index contributed by atoms with van der Waals surface area (Å²) in [7, 11) is 0. The van der Waals surface area contributed by atoms with Crippen LogP contribution in [0.5, 0.6) is 0 Å². The van der Waals surface area contributed by atoms with E-state index >= 15 is 0 Å². The van der Waals surface area contributed by atoms with Crippen molar-refractivity contribution in [3.8, 4) is 45.3 Å². The second kappa shape index (κ2) is 11.3. The summed E-state index contributed by atoms with van der Waals surface area (Å²) in [5.41, 5.74) is 8.90. The fourth-order valence-corrected chi connectivity index (χ4v) is 5.95. The lowest BCUT2D eigenvalue weighted by atomic mass is 9.86. The number of hydrogen-bond donors (Lipinski definition) is 0. The monoisotopic (exact) mass is 598 g/mol. The van der Waals surface area contributed by atoms with Crippen molar-refractivity contribution >= 4 is 21.7 Å². The Kier molecular flexibility index (Phi) is 7.24. The molecule has 0 saturated heterocycles. The molecule has 0 N–H and O–H groups in total. The van der Waals surface area contributed by atoms with Gasteiger partial charge >= 0.3 is 0 Å². The van der Waals surface area contributed by atoms with Gasteiger partial charge in [-0.3, -0.25) is 4.98 Å². The van der Waals surface area contributed by atoms with Crippen LogP contribution in [-0.4, -0.2) is 19.9 Å². The molecule has 226 valence electrons. The summed E-state index contributed by atoms with van der Waals surface area (Å²) >= 11 is 0. The molecule has 46 heavy (non-hydrogen) atoms. The molecule has 4 nitrogen and oxygen atoms in total. The summed E-state index contributed by atoms with van der Waals surface area (Å²) in [4.78, 5) is 19.7. The molecule has 0 aliphatic carbocycles. The Morgan fingerprint density at radius 1 is 0.413 bits per heavy atom. The normalized spacial score (nSPS) is 12.1. The second-order valence-corrected chi connectivity index (χ2v) is 14.1. The maximum Gasteiger partial charge on any atom is 0.164 e. The molecule has 0 aliphatic rings. The SMILES string of the molecule is CC(C)(C)c1ccc(-c2nc(-c3ccc(-c4cccc5c4ccc4cccnc45)cc3)nc(-c3ccc(C(C)(C)C)cc3)n2)cc1. The standard InChI is InChI=1S/C42H38N4/c1-41(2,3)32-21-16-30(17-22-32)39-44-38(45-40(46-39)31-18-23-33(24-19-31)42(4,5)6)29-14-12-27(13-15-29)34-10-7-11-36-35(34)25-20-28-9-8-26-43-37(28)36/h7-26H,1-6H3. The highest BCUT2D eigenvalue weighted by molar-refractivity contribution is 6.10. The average Bonchev–Trinajstić information content (AvgIpc) is 3.07. The summed E-state index contributed by atoms with van der Waals surface area (Å²) in [6, 6.07) is 40.6. The van der Waals surface area contributed by atoms with Gasteiger partial charge in [-0.05, 0) is 44.5 Å². The Hall–Kier alpha value is -5.22. The Balaban J connectivity index is 1.31. The van der Waals surface area contributed by atoms with E-state index in [2.05, 4.69) is 156 Å². The maximum atomic E-state index is 5.00. The minimum absolute atomic E-state index is 0.0676. The van der Waals surface area contributed by atoms with Crippen molar-refractivity contribution in [3.63, 3.8) is 0 Å². The largest absolute Gasteiger partial charge is 0.256 e. The van der Waals surface area contributed by atoms with Crippen LogP contribution < -0.4 is 0 Å². The first-order valence-electron chi connectivity index (χ1n) is 15.9. The van der Waals surface area contributed by atoms with E-state index in [4.69, 9.17) is 15.0 Å². The lowest BCUT2D eigenvalue weighted by Gasteiger charge is -2.19. The minimum atomic E-state index is 0.0676. The molecule has 0 unspecified atom stereocenters. The van der Waals surface area contributed by atoms with Gasteiger partial charge in [-0.15, -0.1) is 0 Å². The van der Waals surface area contributed by atoms with Crippen molar-refractivity contribution in [1.29, 1.82) is 0 Å². The zero-order chi connectivity index (χ0) is 32.1. The predicted octanol–water partition coefficient (Wildman–Crippen LogP) is 10.8. The van der Waals surface area contributed by atoms with Gasteiger partial charge in [0.15, 0.2) is 17.5 Å². The topological polar surface area (TPSA) is 51.6 Å². The highest BCUT2D eigenvalue weighted by Gasteiger charge is 2.18. The molecule has 0 spiro atoms. The molecule has 2 heterocycles. The fourth-order valence-electron chi connectivity index (χ4n) is 5.95. The predicted molar refractivity (Wildman–Crippen MR) is 192 cm³/mol. The number of rotatable bonds is 4. The Labute approximate surface area is 271 Å². The van der Waals surface area contributed by atoms with Gasteiger partial charge in [-0.2, -0.15) is 0 Å². The maximum absolute atomic E-state index is 5.00. The highest BCUT2D eigenvalue weighted by atomic mass is 15.0. The Morgan fingerprint density at radius 2 is 0.891 bits per heavy atom.